The summed E-state index contributed by atoms with van der Waals surface area (Å²) in [4.78, 5) is 50.4. The predicted molar refractivity (Wildman–Crippen MR) is 107 cm³/mol. The van der Waals surface area contributed by atoms with Crippen molar-refractivity contribution in [2.45, 2.75) is 26.8 Å². The van der Waals surface area contributed by atoms with Gasteiger partial charge in [-0.3, -0.25) is 29.5 Å². The molecule has 0 radical (unpaired) electrons. The number of imide groups is 1. The van der Waals surface area contributed by atoms with Crippen molar-refractivity contribution in [1.82, 2.24) is 4.90 Å². The second-order valence-corrected chi connectivity index (χ2v) is 6.90. The summed E-state index contributed by atoms with van der Waals surface area (Å²) in [7, 11) is 0. The van der Waals surface area contributed by atoms with Gasteiger partial charge < -0.3 is 5.32 Å². The fraction of sp³-hybridized carbons (Fsp3) is 0.250. The number of nitrogens with zero attached hydrogens (tertiary/aromatic N) is 3. The highest BCUT2D eigenvalue weighted by atomic mass is 16.6. The van der Waals surface area contributed by atoms with Crippen molar-refractivity contribution < 1.29 is 19.3 Å². The predicted octanol–water partition coefficient (Wildman–Crippen LogP) is 3.01. The molecule has 29 heavy (non-hydrogen) atoms. The average Bonchev–Trinajstić information content (AvgIpc) is 2.87. The lowest BCUT2D eigenvalue weighted by molar-refractivity contribution is -0.385. The van der Waals surface area contributed by atoms with Crippen LogP contribution in [0.15, 0.2) is 42.5 Å². The van der Waals surface area contributed by atoms with Gasteiger partial charge >= 0.3 is 6.03 Å². The molecule has 1 heterocycles. The van der Waals surface area contributed by atoms with Gasteiger partial charge in [-0.1, -0.05) is 23.8 Å². The lowest BCUT2D eigenvalue weighted by Crippen LogP contribution is -2.39. The minimum atomic E-state index is -0.738. The highest BCUT2D eigenvalue weighted by molar-refractivity contribution is 6.16. The number of amides is 4. The van der Waals surface area contributed by atoms with Crippen LogP contribution >= 0.6 is 0 Å². The maximum absolute atomic E-state index is 12.7. The number of carbonyl (C=O) groups excluding carboxylic acids is 3. The molecule has 1 fully saturated rings. The molecule has 0 aliphatic carbocycles. The number of hydrogen-bond acceptors (Lipinski definition) is 5. The van der Waals surface area contributed by atoms with Gasteiger partial charge in [0.05, 0.1) is 4.92 Å². The number of benzene rings is 2. The highest BCUT2D eigenvalue weighted by Gasteiger charge is 2.44. The molecule has 1 saturated heterocycles. The summed E-state index contributed by atoms with van der Waals surface area (Å²) < 4.78 is 0. The van der Waals surface area contributed by atoms with Gasteiger partial charge in [0.1, 0.15) is 12.6 Å². The molecular weight excluding hydrogens is 376 g/mol. The second kappa shape index (κ2) is 7.70. The Kier molecular flexibility index (Phi) is 5.31. The molecule has 1 N–H and O–H groups in total. The molecule has 3 rings (SSSR count). The summed E-state index contributed by atoms with van der Waals surface area (Å²) in [6, 6.07) is 10.1. The third-order valence-electron chi connectivity index (χ3n) is 4.75. The first-order chi connectivity index (χ1) is 13.7. The van der Waals surface area contributed by atoms with Crippen molar-refractivity contribution in [3.8, 4) is 0 Å². The zero-order valence-corrected chi connectivity index (χ0v) is 16.2. The number of urea groups is 1. The Hall–Kier alpha value is -3.75. The van der Waals surface area contributed by atoms with E-state index < -0.39 is 35.4 Å². The summed E-state index contributed by atoms with van der Waals surface area (Å²) in [5, 5.41) is 13.5. The lowest BCUT2D eigenvalue weighted by Gasteiger charge is -2.19. The Morgan fingerprint density at radius 1 is 1.14 bits per heavy atom. The molecule has 0 saturated carbocycles. The van der Waals surface area contributed by atoms with Crippen molar-refractivity contribution in [3.05, 3.63) is 63.7 Å². The molecule has 9 heteroatoms. The summed E-state index contributed by atoms with van der Waals surface area (Å²) in [6.07, 6.45) is 0. The van der Waals surface area contributed by atoms with Gasteiger partial charge in [-0.15, -0.1) is 0 Å². The van der Waals surface area contributed by atoms with E-state index in [9.17, 15) is 24.5 Å². The van der Waals surface area contributed by atoms with E-state index in [4.69, 9.17) is 0 Å². The Morgan fingerprint density at radius 3 is 2.41 bits per heavy atom. The van der Waals surface area contributed by atoms with Crippen molar-refractivity contribution in [2.24, 2.45) is 0 Å². The summed E-state index contributed by atoms with van der Waals surface area (Å²) in [5.74, 6) is -1.11. The number of nitro groups is 1. The zero-order valence-electron chi connectivity index (χ0n) is 16.2. The molecule has 2 aromatic carbocycles. The highest BCUT2D eigenvalue weighted by Crippen LogP contribution is 2.26. The first-order valence-electron chi connectivity index (χ1n) is 8.95. The van der Waals surface area contributed by atoms with Gasteiger partial charge in [0.15, 0.2) is 0 Å². The molecule has 1 aliphatic heterocycles. The first-order valence-corrected chi connectivity index (χ1v) is 8.95. The number of nitro benzene ring substituents is 1. The van der Waals surface area contributed by atoms with Crippen LogP contribution < -0.4 is 10.2 Å². The van der Waals surface area contributed by atoms with E-state index in [2.05, 4.69) is 5.32 Å². The third-order valence-corrected chi connectivity index (χ3v) is 4.75. The lowest BCUT2D eigenvalue weighted by atomic mass is 10.2. The molecule has 1 atom stereocenters. The van der Waals surface area contributed by atoms with Gasteiger partial charge in [0.25, 0.3) is 11.6 Å². The minimum Gasteiger partial charge on any atom is -0.324 e. The second-order valence-electron chi connectivity index (χ2n) is 6.90. The molecule has 4 amide bonds. The molecule has 0 bridgehead atoms. The third kappa shape index (κ3) is 3.93. The van der Waals surface area contributed by atoms with Crippen LogP contribution in [0.3, 0.4) is 0 Å². The van der Waals surface area contributed by atoms with Crippen LogP contribution in [0.25, 0.3) is 0 Å². The number of hydrogen-bond donors (Lipinski definition) is 1. The van der Waals surface area contributed by atoms with Crippen molar-refractivity contribution >= 4 is 34.9 Å². The zero-order chi connectivity index (χ0) is 21.3. The van der Waals surface area contributed by atoms with Crippen LogP contribution in [0.2, 0.25) is 0 Å². The van der Waals surface area contributed by atoms with Crippen molar-refractivity contribution in [2.75, 3.05) is 16.8 Å². The van der Waals surface area contributed by atoms with E-state index in [1.54, 1.807) is 26.0 Å². The monoisotopic (exact) mass is 396 g/mol. The summed E-state index contributed by atoms with van der Waals surface area (Å²) >= 11 is 0. The molecule has 0 aromatic heterocycles. The molecular formula is C20H20N4O5. The van der Waals surface area contributed by atoms with E-state index in [1.165, 1.54) is 23.1 Å². The average molecular weight is 396 g/mol. The van der Waals surface area contributed by atoms with E-state index in [0.717, 1.165) is 10.5 Å². The van der Waals surface area contributed by atoms with Crippen LogP contribution in [0.5, 0.6) is 0 Å². The van der Waals surface area contributed by atoms with E-state index in [-0.39, 0.29) is 11.4 Å². The normalized spacial score (nSPS) is 16.3. The van der Waals surface area contributed by atoms with E-state index in [1.807, 2.05) is 19.1 Å². The van der Waals surface area contributed by atoms with Crippen LogP contribution in [0.1, 0.15) is 18.1 Å². The quantitative estimate of drug-likeness (QED) is 0.474. The van der Waals surface area contributed by atoms with Gasteiger partial charge in [-0.25, -0.2) is 4.79 Å². The van der Waals surface area contributed by atoms with Gasteiger partial charge in [0.2, 0.25) is 5.91 Å². The fourth-order valence-electron chi connectivity index (χ4n) is 3.14. The number of aryl methyl sites for hydroxylation is 2. The van der Waals surface area contributed by atoms with Gasteiger partial charge in [0, 0.05) is 23.0 Å². The van der Waals surface area contributed by atoms with E-state index >= 15 is 0 Å². The van der Waals surface area contributed by atoms with Crippen LogP contribution in [0, 0.1) is 24.0 Å². The SMILES string of the molecule is Cc1ccc(N2C(=O)N(CC(=O)Nc3ccc(C)c([N+](=O)[O-])c3)C(=O)[C@H]2C)cc1. The van der Waals surface area contributed by atoms with Gasteiger partial charge in [-0.05, 0) is 39.0 Å². The van der Waals surface area contributed by atoms with Crippen LogP contribution in [0.4, 0.5) is 21.9 Å². The fourth-order valence-corrected chi connectivity index (χ4v) is 3.14. The van der Waals surface area contributed by atoms with Crippen LogP contribution in [-0.4, -0.2) is 40.3 Å². The molecule has 0 unspecified atom stereocenters. The summed E-state index contributed by atoms with van der Waals surface area (Å²) in [6.45, 7) is 4.62. The van der Waals surface area contributed by atoms with Crippen molar-refractivity contribution in [1.29, 1.82) is 0 Å². The molecule has 9 nitrogen and oxygen atoms in total. The topological polar surface area (TPSA) is 113 Å². The Bertz CT molecular complexity index is 1000. The van der Waals surface area contributed by atoms with Gasteiger partial charge in [-0.2, -0.15) is 0 Å². The minimum absolute atomic E-state index is 0.129. The number of anilines is 2. The largest absolute Gasteiger partial charge is 0.332 e. The first kappa shape index (κ1) is 20.0. The maximum atomic E-state index is 12.7. The molecule has 0 spiro atoms. The van der Waals surface area contributed by atoms with E-state index in [0.29, 0.717) is 11.3 Å². The Balaban J connectivity index is 1.74. The standard InChI is InChI=1S/C20H20N4O5/c1-12-4-8-16(9-5-12)23-14(3)19(26)22(20(23)27)11-18(25)21-15-7-6-13(2)17(10-15)24(28)29/h4-10,14H,11H2,1-3H3,(H,21,25)/t14-/m1/s1. The Morgan fingerprint density at radius 2 is 1.79 bits per heavy atom. The maximum Gasteiger partial charge on any atom is 0.332 e. The molecule has 1 aliphatic rings. The number of rotatable bonds is 5. The number of carbonyl (C=O) groups is 3. The Labute approximate surface area is 167 Å². The van der Waals surface area contributed by atoms with Crippen LogP contribution in [-0.2, 0) is 9.59 Å². The summed E-state index contributed by atoms with van der Waals surface area (Å²) in [5.41, 5.74) is 2.13. The molecule has 2 aromatic rings. The molecule has 150 valence electrons. The smallest absolute Gasteiger partial charge is 0.324 e. The van der Waals surface area contributed by atoms with Crippen molar-refractivity contribution in [3.63, 3.8) is 0 Å². The number of nitrogens with one attached hydrogen (secondary N) is 1.